The van der Waals surface area contributed by atoms with Gasteiger partial charge in [0.1, 0.15) is 0 Å². The molecule has 1 aliphatic heterocycles. The number of urea groups is 1. The van der Waals surface area contributed by atoms with Crippen molar-refractivity contribution in [2.45, 2.75) is 6.04 Å². The number of para-hydroxylation sites is 1. The summed E-state index contributed by atoms with van der Waals surface area (Å²) < 4.78 is 0. The molecule has 0 aliphatic carbocycles. The van der Waals surface area contributed by atoms with Crippen molar-refractivity contribution in [3.05, 3.63) is 30.3 Å². The van der Waals surface area contributed by atoms with Gasteiger partial charge in [-0.2, -0.15) is 4.99 Å². The predicted molar refractivity (Wildman–Crippen MR) is 67.2 cm³/mol. The van der Waals surface area contributed by atoms with Gasteiger partial charge in [0.25, 0.3) is 11.8 Å². The van der Waals surface area contributed by atoms with E-state index in [2.05, 4.69) is 20.9 Å². The molecule has 8 nitrogen and oxygen atoms in total. The second-order valence-corrected chi connectivity index (χ2v) is 3.72. The SMILES string of the molecule is NC1=NC(=O)C(NC(=O)Nc2ccccc2)C(=O)N1. The van der Waals surface area contributed by atoms with E-state index < -0.39 is 23.9 Å². The zero-order valence-corrected chi connectivity index (χ0v) is 9.71. The zero-order chi connectivity index (χ0) is 13.8. The van der Waals surface area contributed by atoms with Gasteiger partial charge in [-0.05, 0) is 12.1 Å². The Kier molecular flexibility index (Phi) is 3.42. The number of carbonyl (C=O) groups excluding carboxylic acids is 3. The number of hydrogen-bond acceptors (Lipinski definition) is 4. The number of hydrogen-bond donors (Lipinski definition) is 4. The fourth-order valence-corrected chi connectivity index (χ4v) is 1.47. The molecule has 19 heavy (non-hydrogen) atoms. The number of aliphatic imine (C=N–C) groups is 1. The van der Waals surface area contributed by atoms with Crippen LogP contribution in [-0.4, -0.2) is 29.8 Å². The van der Waals surface area contributed by atoms with E-state index in [1.807, 2.05) is 0 Å². The third-order valence-electron chi connectivity index (χ3n) is 2.30. The van der Waals surface area contributed by atoms with Crippen molar-refractivity contribution >= 4 is 29.5 Å². The topological polar surface area (TPSA) is 126 Å². The first-order valence-electron chi connectivity index (χ1n) is 5.37. The summed E-state index contributed by atoms with van der Waals surface area (Å²) in [6.45, 7) is 0. The van der Waals surface area contributed by atoms with Crippen LogP contribution >= 0.6 is 0 Å². The molecule has 1 aliphatic rings. The maximum atomic E-state index is 11.6. The summed E-state index contributed by atoms with van der Waals surface area (Å²) >= 11 is 0. The molecule has 1 atom stereocenters. The van der Waals surface area contributed by atoms with Crippen LogP contribution in [0, 0.1) is 0 Å². The Morgan fingerprint density at radius 3 is 2.58 bits per heavy atom. The first-order chi connectivity index (χ1) is 9.06. The quantitative estimate of drug-likeness (QED) is 0.517. The number of nitrogens with one attached hydrogen (secondary N) is 3. The Bertz CT molecular complexity index is 555. The third kappa shape index (κ3) is 3.06. The second-order valence-electron chi connectivity index (χ2n) is 3.72. The van der Waals surface area contributed by atoms with E-state index in [4.69, 9.17) is 5.73 Å². The molecule has 98 valence electrons. The molecular weight excluding hydrogens is 250 g/mol. The number of carbonyl (C=O) groups is 3. The number of nitrogens with zero attached hydrogens (tertiary/aromatic N) is 1. The number of guanidine groups is 1. The molecule has 0 radical (unpaired) electrons. The van der Waals surface area contributed by atoms with E-state index in [1.54, 1.807) is 30.3 Å². The van der Waals surface area contributed by atoms with E-state index in [1.165, 1.54) is 0 Å². The van der Waals surface area contributed by atoms with Crippen LogP contribution in [0.4, 0.5) is 10.5 Å². The highest BCUT2D eigenvalue weighted by Crippen LogP contribution is 2.05. The molecular formula is C11H11N5O3. The van der Waals surface area contributed by atoms with E-state index in [0.717, 1.165) is 0 Å². The summed E-state index contributed by atoms with van der Waals surface area (Å²) in [6.07, 6.45) is 0. The Labute approximate surface area is 108 Å². The Hall–Kier alpha value is -2.90. The van der Waals surface area contributed by atoms with Gasteiger partial charge in [0.2, 0.25) is 5.96 Å². The molecule has 4 amide bonds. The number of anilines is 1. The minimum absolute atomic E-state index is 0.281. The first-order valence-corrected chi connectivity index (χ1v) is 5.37. The predicted octanol–water partition coefficient (Wildman–Crippen LogP) is -0.852. The lowest BCUT2D eigenvalue weighted by atomic mass is 10.2. The fraction of sp³-hybridized carbons (Fsp3) is 0.0909. The lowest BCUT2D eigenvalue weighted by Gasteiger charge is -2.19. The highest BCUT2D eigenvalue weighted by Gasteiger charge is 2.32. The summed E-state index contributed by atoms with van der Waals surface area (Å²) in [4.78, 5) is 37.9. The van der Waals surface area contributed by atoms with Gasteiger partial charge >= 0.3 is 6.03 Å². The van der Waals surface area contributed by atoms with Gasteiger partial charge in [0.05, 0.1) is 0 Å². The maximum Gasteiger partial charge on any atom is 0.320 e. The van der Waals surface area contributed by atoms with Crippen LogP contribution in [0.1, 0.15) is 0 Å². The molecule has 8 heteroatoms. The molecule has 0 bridgehead atoms. The number of rotatable bonds is 2. The molecule has 1 unspecified atom stereocenters. The minimum atomic E-state index is -1.38. The van der Waals surface area contributed by atoms with Gasteiger partial charge in [-0.25, -0.2) is 4.79 Å². The Morgan fingerprint density at radius 2 is 1.95 bits per heavy atom. The Balaban J connectivity index is 2.00. The molecule has 1 aromatic rings. The van der Waals surface area contributed by atoms with Crippen molar-refractivity contribution in [3.8, 4) is 0 Å². The van der Waals surface area contributed by atoms with Gasteiger partial charge < -0.3 is 16.4 Å². The van der Waals surface area contributed by atoms with Crippen molar-refractivity contribution < 1.29 is 14.4 Å². The van der Waals surface area contributed by atoms with Crippen LogP contribution in [-0.2, 0) is 9.59 Å². The molecule has 2 rings (SSSR count). The van der Waals surface area contributed by atoms with Crippen molar-refractivity contribution in [1.29, 1.82) is 0 Å². The van der Waals surface area contributed by atoms with E-state index >= 15 is 0 Å². The standard InChI is InChI=1S/C11H11N5O3/c12-10-15-8(17)7(9(18)16-10)14-11(19)13-6-4-2-1-3-5-6/h1-5,7H,(H2,13,14,19)(H3,12,15,16,17,18). The van der Waals surface area contributed by atoms with Crippen LogP contribution in [0.3, 0.4) is 0 Å². The summed E-state index contributed by atoms with van der Waals surface area (Å²) in [5, 5.41) is 6.85. The molecule has 1 aromatic carbocycles. The van der Waals surface area contributed by atoms with Gasteiger partial charge in [0.15, 0.2) is 6.04 Å². The molecule has 5 N–H and O–H groups in total. The lowest BCUT2D eigenvalue weighted by molar-refractivity contribution is -0.130. The van der Waals surface area contributed by atoms with Crippen molar-refractivity contribution in [3.63, 3.8) is 0 Å². The van der Waals surface area contributed by atoms with Gasteiger partial charge in [-0.15, -0.1) is 0 Å². The zero-order valence-electron chi connectivity index (χ0n) is 9.71. The average molecular weight is 261 g/mol. The minimum Gasteiger partial charge on any atom is -0.369 e. The van der Waals surface area contributed by atoms with Gasteiger partial charge in [-0.3, -0.25) is 14.9 Å². The summed E-state index contributed by atoms with van der Waals surface area (Å²) in [7, 11) is 0. The van der Waals surface area contributed by atoms with Crippen LogP contribution in [0.5, 0.6) is 0 Å². The van der Waals surface area contributed by atoms with E-state index in [9.17, 15) is 14.4 Å². The molecule has 0 spiro atoms. The maximum absolute atomic E-state index is 11.6. The Morgan fingerprint density at radius 1 is 1.26 bits per heavy atom. The summed E-state index contributed by atoms with van der Waals surface area (Å²) in [6, 6.07) is 6.53. The molecule has 0 aromatic heterocycles. The summed E-state index contributed by atoms with van der Waals surface area (Å²) in [5.74, 6) is -1.82. The first kappa shape index (κ1) is 12.6. The van der Waals surface area contributed by atoms with Crippen LogP contribution < -0.4 is 21.7 Å². The van der Waals surface area contributed by atoms with Crippen LogP contribution in [0.2, 0.25) is 0 Å². The second kappa shape index (κ2) is 5.17. The smallest absolute Gasteiger partial charge is 0.320 e. The molecule has 1 heterocycles. The van der Waals surface area contributed by atoms with Crippen molar-refractivity contribution in [2.24, 2.45) is 10.7 Å². The van der Waals surface area contributed by atoms with Gasteiger partial charge in [-0.1, -0.05) is 18.2 Å². The molecule has 0 saturated carbocycles. The molecule has 0 saturated heterocycles. The monoisotopic (exact) mass is 261 g/mol. The molecule has 0 fully saturated rings. The number of nitrogens with two attached hydrogens (primary N) is 1. The van der Waals surface area contributed by atoms with E-state index in [0.29, 0.717) is 5.69 Å². The normalized spacial score (nSPS) is 18.3. The fourth-order valence-electron chi connectivity index (χ4n) is 1.47. The number of benzene rings is 1. The largest absolute Gasteiger partial charge is 0.369 e. The van der Waals surface area contributed by atoms with Gasteiger partial charge in [0, 0.05) is 5.69 Å². The highest BCUT2D eigenvalue weighted by molar-refractivity contribution is 6.19. The van der Waals surface area contributed by atoms with Crippen LogP contribution in [0.15, 0.2) is 35.3 Å². The number of amides is 4. The summed E-state index contributed by atoms with van der Waals surface area (Å²) in [5.41, 5.74) is 5.74. The van der Waals surface area contributed by atoms with Crippen molar-refractivity contribution in [1.82, 2.24) is 10.6 Å². The van der Waals surface area contributed by atoms with Crippen LogP contribution in [0.25, 0.3) is 0 Å². The third-order valence-corrected chi connectivity index (χ3v) is 2.30. The highest BCUT2D eigenvalue weighted by atomic mass is 16.2. The van der Waals surface area contributed by atoms with Crippen molar-refractivity contribution in [2.75, 3.05) is 5.32 Å². The average Bonchev–Trinajstić information content (AvgIpc) is 2.35. The van der Waals surface area contributed by atoms with E-state index in [-0.39, 0.29) is 5.96 Å². The lowest BCUT2D eigenvalue weighted by Crippen LogP contribution is -2.58.